The van der Waals surface area contributed by atoms with Gasteiger partial charge in [-0.3, -0.25) is 9.69 Å². The number of nitrogens with zero attached hydrogens (tertiary/aromatic N) is 2. The molecule has 1 amide bonds. The number of amides is 1. The highest BCUT2D eigenvalue weighted by atomic mass is 35.5. The van der Waals surface area contributed by atoms with Gasteiger partial charge in [-0.2, -0.15) is 0 Å². The SMILES string of the molecule is O=C(CN1CCN(c2ccc(F)cc2)CC1)Nc1cccc(Cl)c1. The summed E-state index contributed by atoms with van der Waals surface area (Å²) < 4.78 is 13.0. The highest BCUT2D eigenvalue weighted by Gasteiger charge is 2.19. The van der Waals surface area contributed by atoms with E-state index in [1.165, 1.54) is 12.1 Å². The number of rotatable bonds is 4. The van der Waals surface area contributed by atoms with Crippen molar-refractivity contribution < 1.29 is 9.18 Å². The van der Waals surface area contributed by atoms with Crippen LogP contribution in [-0.4, -0.2) is 43.5 Å². The quantitative estimate of drug-likeness (QED) is 0.922. The van der Waals surface area contributed by atoms with Gasteiger partial charge in [-0.05, 0) is 42.5 Å². The summed E-state index contributed by atoms with van der Waals surface area (Å²) in [6, 6.07) is 13.6. The van der Waals surface area contributed by atoms with Gasteiger partial charge in [-0.25, -0.2) is 4.39 Å². The average molecular weight is 348 g/mol. The minimum atomic E-state index is -0.227. The molecule has 24 heavy (non-hydrogen) atoms. The molecule has 0 bridgehead atoms. The van der Waals surface area contributed by atoms with Crippen LogP contribution < -0.4 is 10.2 Å². The molecule has 1 fully saturated rings. The van der Waals surface area contributed by atoms with E-state index in [9.17, 15) is 9.18 Å². The molecular formula is C18H19ClFN3O. The van der Waals surface area contributed by atoms with Crippen LogP contribution in [0.25, 0.3) is 0 Å². The van der Waals surface area contributed by atoms with E-state index in [2.05, 4.69) is 15.1 Å². The molecule has 0 radical (unpaired) electrons. The second-order valence-corrected chi connectivity index (χ2v) is 6.23. The number of carbonyl (C=O) groups is 1. The lowest BCUT2D eigenvalue weighted by atomic mass is 10.2. The van der Waals surface area contributed by atoms with Crippen molar-refractivity contribution in [3.63, 3.8) is 0 Å². The van der Waals surface area contributed by atoms with Crippen molar-refractivity contribution in [3.8, 4) is 0 Å². The van der Waals surface area contributed by atoms with Crippen LogP contribution in [0.4, 0.5) is 15.8 Å². The molecule has 1 aliphatic rings. The first kappa shape index (κ1) is 16.7. The fourth-order valence-corrected chi connectivity index (χ4v) is 2.98. The average Bonchev–Trinajstić information content (AvgIpc) is 2.56. The Hall–Kier alpha value is -2.11. The van der Waals surface area contributed by atoms with E-state index in [0.717, 1.165) is 31.9 Å². The van der Waals surface area contributed by atoms with Crippen molar-refractivity contribution >= 4 is 28.9 Å². The van der Waals surface area contributed by atoms with Crippen LogP contribution in [0.1, 0.15) is 0 Å². The third-order valence-electron chi connectivity index (χ3n) is 4.04. The first-order chi connectivity index (χ1) is 11.6. The maximum absolute atomic E-state index is 13.0. The van der Waals surface area contributed by atoms with Crippen LogP contribution in [0, 0.1) is 5.82 Å². The third-order valence-corrected chi connectivity index (χ3v) is 4.27. The topological polar surface area (TPSA) is 35.6 Å². The number of halogens is 2. The van der Waals surface area contributed by atoms with Crippen LogP contribution >= 0.6 is 11.6 Å². The Labute approximate surface area is 145 Å². The van der Waals surface area contributed by atoms with Crippen molar-refractivity contribution in [1.29, 1.82) is 0 Å². The van der Waals surface area contributed by atoms with Gasteiger partial charge < -0.3 is 10.2 Å². The predicted octanol–water partition coefficient (Wildman–Crippen LogP) is 3.24. The van der Waals surface area contributed by atoms with Gasteiger partial charge in [-0.15, -0.1) is 0 Å². The largest absolute Gasteiger partial charge is 0.369 e. The molecule has 0 aromatic heterocycles. The lowest BCUT2D eigenvalue weighted by Gasteiger charge is -2.35. The molecule has 2 aromatic carbocycles. The van der Waals surface area contributed by atoms with Crippen molar-refractivity contribution in [2.24, 2.45) is 0 Å². The summed E-state index contributed by atoms with van der Waals surface area (Å²) in [5.74, 6) is -0.275. The minimum absolute atomic E-state index is 0.0486. The summed E-state index contributed by atoms with van der Waals surface area (Å²) in [5, 5.41) is 3.46. The number of hydrogen-bond donors (Lipinski definition) is 1. The zero-order valence-electron chi connectivity index (χ0n) is 13.2. The number of hydrogen-bond acceptors (Lipinski definition) is 3. The number of carbonyl (C=O) groups excluding carboxylic acids is 1. The van der Waals surface area contributed by atoms with Crippen LogP contribution in [0.3, 0.4) is 0 Å². The van der Waals surface area contributed by atoms with E-state index in [4.69, 9.17) is 11.6 Å². The minimum Gasteiger partial charge on any atom is -0.369 e. The molecule has 1 aliphatic heterocycles. The predicted molar refractivity (Wildman–Crippen MR) is 95.1 cm³/mol. The van der Waals surface area contributed by atoms with Gasteiger partial charge in [0, 0.05) is 42.6 Å². The molecular weight excluding hydrogens is 329 g/mol. The Morgan fingerprint density at radius 3 is 2.46 bits per heavy atom. The van der Waals surface area contributed by atoms with E-state index in [-0.39, 0.29) is 11.7 Å². The highest BCUT2D eigenvalue weighted by Crippen LogP contribution is 2.17. The summed E-state index contributed by atoms with van der Waals surface area (Å²) in [5.41, 5.74) is 1.72. The van der Waals surface area contributed by atoms with Gasteiger partial charge in [0.25, 0.3) is 0 Å². The van der Waals surface area contributed by atoms with Gasteiger partial charge in [0.15, 0.2) is 0 Å². The number of anilines is 2. The fraction of sp³-hybridized carbons (Fsp3) is 0.278. The number of benzene rings is 2. The zero-order valence-corrected chi connectivity index (χ0v) is 14.0. The molecule has 1 heterocycles. The summed E-state index contributed by atoms with van der Waals surface area (Å²) in [7, 11) is 0. The monoisotopic (exact) mass is 347 g/mol. The van der Waals surface area contributed by atoms with Gasteiger partial charge in [0.1, 0.15) is 5.82 Å². The van der Waals surface area contributed by atoms with Crippen molar-refractivity contribution in [1.82, 2.24) is 4.90 Å². The van der Waals surface area contributed by atoms with Crippen LogP contribution in [0.15, 0.2) is 48.5 Å². The molecule has 0 saturated carbocycles. The van der Waals surface area contributed by atoms with Crippen molar-refractivity contribution in [2.75, 3.05) is 42.9 Å². The fourth-order valence-electron chi connectivity index (χ4n) is 2.79. The van der Waals surface area contributed by atoms with Gasteiger partial charge in [0.2, 0.25) is 5.91 Å². The molecule has 1 saturated heterocycles. The van der Waals surface area contributed by atoms with E-state index >= 15 is 0 Å². The van der Waals surface area contributed by atoms with E-state index < -0.39 is 0 Å². The first-order valence-corrected chi connectivity index (χ1v) is 8.26. The lowest BCUT2D eigenvalue weighted by Crippen LogP contribution is -2.48. The number of nitrogens with one attached hydrogen (secondary N) is 1. The van der Waals surface area contributed by atoms with Gasteiger partial charge in [0.05, 0.1) is 6.54 Å². The lowest BCUT2D eigenvalue weighted by molar-refractivity contribution is -0.117. The smallest absolute Gasteiger partial charge is 0.238 e. The second kappa shape index (κ2) is 7.64. The molecule has 3 rings (SSSR count). The Morgan fingerprint density at radius 2 is 1.79 bits per heavy atom. The number of piperazine rings is 1. The molecule has 2 aromatic rings. The third kappa shape index (κ3) is 4.46. The molecule has 0 aliphatic carbocycles. The summed E-state index contributed by atoms with van der Waals surface area (Å²) in [6.45, 7) is 3.57. The molecule has 4 nitrogen and oxygen atoms in total. The van der Waals surface area contributed by atoms with Crippen molar-refractivity contribution in [3.05, 3.63) is 59.4 Å². The van der Waals surface area contributed by atoms with Crippen LogP contribution in [-0.2, 0) is 4.79 Å². The second-order valence-electron chi connectivity index (χ2n) is 5.80. The summed E-state index contributed by atoms with van der Waals surface area (Å²) >= 11 is 5.91. The Balaban J connectivity index is 1.48. The standard InChI is InChI=1S/C18H19ClFN3O/c19-14-2-1-3-16(12-14)21-18(24)13-22-8-10-23(11-9-22)17-6-4-15(20)5-7-17/h1-7,12H,8-11,13H2,(H,21,24). The molecule has 0 atom stereocenters. The first-order valence-electron chi connectivity index (χ1n) is 7.88. The zero-order chi connectivity index (χ0) is 16.9. The normalized spacial score (nSPS) is 15.3. The van der Waals surface area contributed by atoms with Gasteiger partial charge >= 0.3 is 0 Å². The molecule has 1 N–H and O–H groups in total. The Bertz CT molecular complexity index is 700. The highest BCUT2D eigenvalue weighted by molar-refractivity contribution is 6.30. The maximum atomic E-state index is 13.0. The Morgan fingerprint density at radius 1 is 1.08 bits per heavy atom. The Kier molecular flexibility index (Phi) is 5.33. The van der Waals surface area contributed by atoms with E-state index in [1.807, 2.05) is 6.07 Å². The molecule has 0 spiro atoms. The van der Waals surface area contributed by atoms with E-state index in [1.54, 1.807) is 30.3 Å². The maximum Gasteiger partial charge on any atom is 0.238 e. The van der Waals surface area contributed by atoms with Gasteiger partial charge in [-0.1, -0.05) is 17.7 Å². The van der Waals surface area contributed by atoms with Crippen LogP contribution in [0.5, 0.6) is 0 Å². The molecule has 6 heteroatoms. The molecule has 126 valence electrons. The summed E-state index contributed by atoms with van der Waals surface area (Å²) in [4.78, 5) is 16.4. The van der Waals surface area contributed by atoms with E-state index in [0.29, 0.717) is 17.3 Å². The van der Waals surface area contributed by atoms with Crippen LogP contribution in [0.2, 0.25) is 5.02 Å². The summed E-state index contributed by atoms with van der Waals surface area (Å²) in [6.07, 6.45) is 0. The van der Waals surface area contributed by atoms with Crippen molar-refractivity contribution in [2.45, 2.75) is 0 Å². The molecule has 0 unspecified atom stereocenters.